The van der Waals surface area contributed by atoms with Crippen LogP contribution in [0.5, 0.6) is 0 Å². The van der Waals surface area contributed by atoms with E-state index in [1.807, 2.05) is 19.4 Å². The lowest BCUT2D eigenvalue weighted by atomic mass is 10.3. The van der Waals surface area contributed by atoms with Crippen molar-refractivity contribution in [3.8, 4) is 10.6 Å². The number of thiazole rings is 2. The standard InChI is InChI=1S/C9H12N6S2/c1-4-6(17-8(12-2)13-4)5-3-16-9(14-5)15-7(10)11/h3H,1-2H3,(H,12,13)(H4,10,11,14,15). The number of hydrogen-bond acceptors (Lipinski definition) is 6. The molecule has 17 heavy (non-hydrogen) atoms. The van der Waals surface area contributed by atoms with Crippen molar-refractivity contribution in [2.75, 3.05) is 17.7 Å². The number of nitrogens with two attached hydrogens (primary N) is 1. The Kier molecular flexibility index (Phi) is 3.25. The molecule has 5 N–H and O–H groups in total. The summed E-state index contributed by atoms with van der Waals surface area (Å²) in [5.74, 6) is -0.108. The summed E-state index contributed by atoms with van der Waals surface area (Å²) >= 11 is 2.97. The number of rotatable bonds is 3. The Morgan fingerprint density at radius 2 is 2.18 bits per heavy atom. The molecule has 0 aliphatic carbocycles. The van der Waals surface area contributed by atoms with Crippen LogP contribution in [-0.2, 0) is 0 Å². The average Bonchev–Trinajstić information content (AvgIpc) is 2.83. The minimum atomic E-state index is -0.108. The molecule has 2 aromatic heterocycles. The maximum Gasteiger partial charge on any atom is 0.192 e. The highest BCUT2D eigenvalue weighted by Gasteiger charge is 2.12. The van der Waals surface area contributed by atoms with Crippen LogP contribution in [0.3, 0.4) is 0 Å². The van der Waals surface area contributed by atoms with Gasteiger partial charge < -0.3 is 16.4 Å². The number of aryl methyl sites for hydroxylation is 1. The summed E-state index contributed by atoms with van der Waals surface area (Å²) in [6, 6.07) is 0. The molecule has 6 nitrogen and oxygen atoms in total. The van der Waals surface area contributed by atoms with Crippen LogP contribution in [0.4, 0.5) is 10.3 Å². The molecule has 0 amide bonds. The summed E-state index contributed by atoms with van der Waals surface area (Å²) < 4.78 is 0. The van der Waals surface area contributed by atoms with E-state index >= 15 is 0 Å². The highest BCUT2D eigenvalue weighted by atomic mass is 32.1. The van der Waals surface area contributed by atoms with Crippen molar-refractivity contribution in [2.24, 2.45) is 5.73 Å². The van der Waals surface area contributed by atoms with Crippen LogP contribution >= 0.6 is 22.7 Å². The van der Waals surface area contributed by atoms with Gasteiger partial charge in [-0.15, -0.1) is 11.3 Å². The van der Waals surface area contributed by atoms with E-state index in [1.165, 1.54) is 11.3 Å². The first-order valence-electron chi connectivity index (χ1n) is 4.82. The zero-order valence-electron chi connectivity index (χ0n) is 9.37. The van der Waals surface area contributed by atoms with Gasteiger partial charge >= 0.3 is 0 Å². The smallest absolute Gasteiger partial charge is 0.192 e. The summed E-state index contributed by atoms with van der Waals surface area (Å²) in [7, 11) is 1.84. The second kappa shape index (κ2) is 4.68. The highest BCUT2D eigenvalue weighted by Crippen LogP contribution is 2.34. The summed E-state index contributed by atoms with van der Waals surface area (Å²) in [6.07, 6.45) is 0. The Labute approximate surface area is 106 Å². The van der Waals surface area contributed by atoms with Crippen LogP contribution in [-0.4, -0.2) is 23.0 Å². The van der Waals surface area contributed by atoms with Gasteiger partial charge in [-0.05, 0) is 6.92 Å². The van der Waals surface area contributed by atoms with Crippen LogP contribution in [0.25, 0.3) is 10.6 Å². The molecule has 2 heterocycles. The lowest BCUT2D eigenvalue weighted by Crippen LogP contribution is -2.20. The van der Waals surface area contributed by atoms with Gasteiger partial charge in [0.2, 0.25) is 0 Å². The molecule has 0 saturated heterocycles. The van der Waals surface area contributed by atoms with Crippen molar-refractivity contribution in [3.63, 3.8) is 0 Å². The first kappa shape index (κ1) is 11.8. The lowest BCUT2D eigenvalue weighted by molar-refractivity contribution is 1.24. The Hall–Kier alpha value is -1.67. The first-order chi connectivity index (χ1) is 8.10. The Balaban J connectivity index is 2.29. The van der Waals surface area contributed by atoms with Gasteiger partial charge in [-0.3, -0.25) is 5.41 Å². The maximum atomic E-state index is 7.14. The first-order valence-corrected chi connectivity index (χ1v) is 6.52. The van der Waals surface area contributed by atoms with Gasteiger partial charge in [0, 0.05) is 12.4 Å². The van der Waals surface area contributed by atoms with Crippen LogP contribution in [0.1, 0.15) is 5.69 Å². The minimum Gasteiger partial charge on any atom is -0.370 e. The Morgan fingerprint density at radius 3 is 2.76 bits per heavy atom. The van der Waals surface area contributed by atoms with Crippen LogP contribution in [0.15, 0.2) is 5.38 Å². The van der Waals surface area contributed by atoms with E-state index < -0.39 is 0 Å². The fraction of sp³-hybridized carbons (Fsp3) is 0.222. The van der Waals surface area contributed by atoms with Crippen LogP contribution < -0.4 is 16.4 Å². The van der Waals surface area contributed by atoms with Gasteiger partial charge in [0.15, 0.2) is 16.2 Å². The number of guanidine groups is 1. The molecule has 0 atom stereocenters. The number of nitrogens with one attached hydrogen (secondary N) is 3. The van der Waals surface area contributed by atoms with E-state index in [1.54, 1.807) is 11.3 Å². The maximum absolute atomic E-state index is 7.14. The van der Waals surface area contributed by atoms with E-state index in [0.29, 0.717) is 5.13 Å². The molecule has 2 rings (SSSR count). The summed E-state index contributed by atoms with van der Waals surface area (Å²) in [4.78, 5) is 9.75. The van der Waals surface area contributed by atoms with E-state index in [2.05, 4.69) is 20.6 Å². The topological polar surface area (TPSA) is 99.7 Å². The second-order valence-electron chi connectivity index (χ2n) is 3.26. The monoisotopic (exact) mass is 268 g/mol. The molecule has 0 spiro atoms. The lowest BCUT2D eigenvalue weighted by Gasteiger charge is -1.96. The van der Waals surface area contributed by atoms with Crippen molar-refractivity contribution in [1.29, 1.82) is 5.41 Å². The quantitative estimate of drug-likeness (QED) is 0.503. The normalized spacial score (nSPS) is 10.2. The van der Waals surface area contributed by atoms with Crippen molar-refractivity contribution in [3.05, 3.63) is 11.1 Å². The van der Waals surface area contributed by atoms with E-state index in [0.717, 1.165) is 21.4 Å². The van der Waals surface area contributed by atoms with Gasteiger partial charge in [0.1, 0.15) is 0 Å². The largest absolute Gasteiger partial charge is 0.370 e. The van der Waals surface area contributed by atoms with Gasteiger partial charge in [-0.2, -0.15) is 0 Å². The molecular weight excluding hydrogens is 256 g/mol. The van der Waals surface area contributed by atoms with Crippen LogP contribution in [0, 0.1) is 12.3 Å². The molecule has 0 radical (unpaired) electrons. The molecule has 90 valence electrons. The van der Waals surface area contributed by atoms with Crippen molar-refractivity contribution in [2.45, 2.75) is 6.92 Å². The molecule has 0 unspecified atom stereocenters. The summed E-state index contributed by atoms with van der Waals surface area (Å²) in [5, 5.41) is 16.2. The van der Waals surface area contributed by atoms with Crippen molar-refractivity contribution < 1.29 is 0 Å². The average molecular weight is 268 g/mol. The number of hydrogen-bond donors (Lipinski definition) is 4. The van der Waals surface area contributed by atoms with E-state index in [-0.39, 0.29) is 5.96 Å². The SMILES string of the molecule is CNc1nc(C)c(-c2csc(NC(=N)N)n2)s1. The third kappa shape index (κ3) is 2.53. The van der Waals surface area contributed by atoms with Gasteiger partial charge in [0.25, 0.3) is 0 Å². The third-order valence-electron chi connectivity index (χ3n) is 1.99. The predicted molar refractivity (Wildman–Crippen MR) is 73.0 cm³/mol. The summed E-state index contributed by atoms with van der Waals surface area (Å²) in [5.41, 5.74) is 7.05. The minimum absolute atomic E-state index is 0.108. The Morgan fingerprint density at radius 1 is 1.41 bits per heavy atom. The molecular formula is C9H12N6S2. The van der Waals surface area contributed by atoms with E-state index in [9.17, 15) is 0 Å². The molecule has 0 aromatic carbocycles. The highest BCUT2D eigenvalue weighted by molar-refractivity contribution is 7.19. The third-order valence-corrected chi connectivity index (χ3v) is 3.94. The molecule has 0 fully saturated rings. The van der Waals surface area contributed by atoms with Gasteiger partial charge in [0.05, 0.1) is 16.3 Å². The molecule has 0 aliphatic heterocycles. The predicted octanol–water partition coefficient (Wildman–Crippen LogP) is 1.92. The van der Waals surface area contributed by atoms with Crippen molar-refractivity contribution >= 4 is 38.9 Å². The zero-order valence-corrected chi connectivity index (χ0v) is 11.0. The number of nitrogens with zero attached hydrogens (tertiary/aromatic N) is 2. The molecule has 8 heteroatoms. The van der Waals surface area contributed by atoms with Gasteiger partial charge in [-0.25, -0.2) is 9.97 Å². The molecule has 0 bridgehead atoms. The van der Waals surface area contributed by atoms with E-state index in [4.69, 9.17) is 11.1 Å². The summed E-state index contributed by atoms with van der Waals surface area (Å²) in [6.45, 7) is 1.95. The second-order valence-corrected chi connectivity index (χ2v) is 5.12. The van der Waals surface area contributed by atoms with Crippen LogP contribution in [0.2, 0.25) is 0 Å². The fourth-order valence-corrected chi connectivity index (χ4v) is 2.96. The Bertz CT molecular complexity index is 543. The van der Waals surface area contributed by atoms with Gasteiger partial charge in [-0.1, -0.05) is 11.3 Å². The zero-order chi connectivity index (χ0) is 12.4. The number of aromatic nitrogens is 2. The fourth-order valence-electron chi connectivity index (χ4n) is 1.29. The molecule has 2 aromatic rings. The number of anilines is 2. The van der Waals surface area contributed by atoms with Crippen molar-refractivity contribution in [1.82, 2.24) is 9.97 Å². The molecule has 0 saturated carbocycles. The molecule has 0 aliphatic rings.